The van der Waals surface area contributed by atoms with Crippen LogP contribution in [0.15, 0.2) is 42.5 Å². The summed E-state index contributed by atoms with van der Waals surface area (Å²) in [6, 6.07) is 10.4. The topological polar surface area (TPSA) is 101 Å². The zero-order valence-corrected chi connectivity index (χ0v) is 15.1. The molecule has 0 heterocycles. The molecule has 0 bridgehead atoms. The lowest BCUT2D eigenvalue weighted by Crippen LogP contribution is -2.40. The summed E-state index contributed by atoms with van der Waals surface area (Å²) in [4.78, 5) is 35.1. The molecule has 0 unspecified atom stereocenters. The average Bonchev–Trinajstić information content (AvgIpc) is 2.53. The Hall–Kier alpha value is -3.22. The summed E-state index contributed by atoms with van der Waals surface area (Å²) >= 11 is 0. The maximum absolute atomic E-state index is 12.5. The summed E-state index contributed by atoms with van der Waals surface area (Å²) in [7, 11) is 0. The van der Waals surface area contributed by atoms with Crippen molar-refractivity contribution in [1.29, 1.82) is 0 Å². The summed E-state index contributed by atoms with van der Waals surface area (Å²) in [5.41, 5.74) is 1.37. The van der Waals surface area contributed by atoms with Crippen LogP contribution in [0.1, 0.15) is 47.1 Å². The van der Waals surface area contributed by atoms with Crippen molar-refractivity contribution in [2.75, 3.05) is 5.32 Å². The van der Waals surface area contributed by atoms with E-state index in [1.807, 2.05) is 27.7 Å². The van der Waals surface area contributed by atoms with Crippen molar-refractivity contribution in [3.63, 3.8) is 0 Å². The normalized spacial score (nSPS) is 10.9. The van der Waals surface area contributed by atoms with Crippen molar-refractivity contribution in [3.8, 4) is 0 Å². The molecule has 0 aliphatic heterocycles. The number of nitro groups is 1. The number of carbonyl (C=O) groups is 2. The number of hydrogen-bond acceptors (Lipinski definition) is 4. The zero-order valence-electron chi connectivity index (χ0n) is 15.1. The largest absolute Gasteiger partial charge is 0.347 e. The van der Waals surface area contributed by atoms with Crippen LogP contribution >= 0.6 is 0 Å². The predicted octanol–water partition coefficient (Wildman–Crippen LogP) is 3.68. The first kappa shape index (κ1) is 19.1. The minimum absolute atomic E-state index is 0.0950. The number of benzene rings is 2. The Morgan fingerprint density at radius 1 is 1.00 bits per heavy atom. The number of hydrogen-bond donors (Lipinski definition) is 2. The lowest BCUT2D eigenvalue weighted by molar-refractivity contribution is -0.384. The third-order valence-electron chi connectivity index (χ3n) is 3.50. The van der Waals surface area contributed by atoms with Crippen molar-refractivity contribution in [1.82, 2.24) is 5.32 Å². The molecule has 0 atom stereocenters. The van der Waals surface area contributed by atoms with E-state index in [1.54, 1.807) is 18.2 Å². The molecule has 2 rings (SSSR count). The van der Waals surface area contributed by atoms with Gasteiger partial charge in [-0.05, 0) is 57.5 Å². The summed E-state index contributed by atoms with van der Waals surface area (Å²) in [6.07, 6.45) is 0. The summed E-state index contributed by atoms with van der Waals surface area (Å²) in [5.74, 6) is -0.744. The Bertz CT molecular complexity index is 852. The van der Waals surface area contributed by atoms with Gasteiger partial charge in [-0.1, -0.05) is 6.07 Å². The second-order valence-electron chi connectivity index (χ2n) is 7.01. The summed E-state index contributed by atoms with van der Waals surface area (Å²) < 4.78 is 0. The van der Waals surface area contributed by atoms with Crippen LogP contribution in [-0.2, 0) is 0 Å². The molecule has 136 valence electrons. The van der Waals surface area contributed by atoms with Gasteiger partial charge in [0.1, 0.15) is 0 Å². The fourth-order valence-electron chi connectivity index (χ4n) is 2.30. The van der Waals surface area contributed by atoms with Gasteiger partial charge in [-0.15, -0.1) is 0 Å². The Morgan fingerprint density at radius 3 is 2.15 bits per heavy atom. The van der Waals surface area contributed by atoms with Gasteiger partial charge >= 0.3 is 0 Å². The molecule has 7 nitrogen and oxygen atoms in total. The number of amides is 2. The molecule has 0 spiro atoms. The SMILES string of the molecule is Cc1ccc(C(=O)NC(C)(C)C)c(NC(=O)c2ccc([N+](=O)[O-])cc2)c1. The average molecular weight is 355 g/mol. The van der Waals surface area contributed by atoms with Crippen molar-refractivity contribution in [2.45, 2.75) is 33.2 Å². The van der Waals surface area contributed by atoms with Gasteiger partial charge in [0.2, 0.25) is 0 Å². The number of aryl methyl sites for hydroxylation is 1. The number of rotatable bonds is 4. The van der Waals surface area contributed by atoms with E-state index in [2.05, 4.69) is 10.6 Å². The minimum atomic E-state index is -0.531. The van der Waals surface area contributed by atoms with E-state index in [0.717, 1.165) is 5.56 Å². The number of non-ortho nitro benzene ring substituents is 1. The van der Waals surface area contributed by atoms with Gasteiger partial charge in [-0.3, -0.25) is 19.7 Å². The Labute approximate surface area is 151 Å². The highest BCUT2D eigenvalue weighted by Crippen LogP contribution is 2.20. The van der Waals surface area contributed by atoms with Gasteiger partial charge in [0, 0.05) is 23.2 Å². The van der Waals surface area contributed by atoms with Gasteiger partial charge in [-0.2, -0.15) is 0 Å². The van der Waals surface area contributed by atoms with E-state index in [4.69, 9.17) is 0 Å². The van der Waals surface area contributed by atoms with Gasteiger partial charge in [-0.25, -0.2) is 0 Å². The fourth-order valence-corrected chi connectivity index (χ4v) is 2.30. The number of anilines is 1. The quantitative estimate of drug-likeness (QED) is 0.645. The van der Waals surface area contributed by atoms with E-state index in [1.165, 1.54) is 24.3 Å². The Balaban J connectivity index is 2.27. The first-order chi connectivity index (χ1) is 12.1. The highest BCUT2D eigenvalue weighted by molar-refractivity contribution is 6.09. The van der Waals surface area contributed by atoms with Crippen LogP contribution in [-0.4, -0.2) is 22.3 Å². The van der Waals surface area contributed by atoms with Crippen LogP contribution in [0.25, 0.3) is 0 Å². The van der Waals surface area contributed by atoms with Gasteiger partial charge in [0.05, 0.1) is 16.2 Å². The number of nitro benzene ring substituents is 1. The molecule has 0 aromatic heterocycles. The number of carbonyl (C=O) groups excluding carboxylic acids is 2. The van der Waals surface area contributed by atoms with E-state index in [9.17, 15) is 19.7 Å². The highest BCUT2D eigenvalue weighted by Gasteiger charge is 2.19. The highest BCUT2D eigenvalue weighted by atomic mass is 16.6. The molecule has 2 aromatic carbocycles. The molecule has 0 saturated heterocycles. The smallest absolute Gasteiger partial charge is 0.269 e. The van der Waals surface area contributed by atoms with Crippen LogP contribution in [0.4, 0.5) is 11.4 Å². The molecule has 0 radical (unpaired) electrons. The van der Waals surface area contributed by atoms with Gasteiger partial charge < -0.3 is 10.6 Å². The third kappa shape index (κ3) is 4.89. The lowest BCUT2D eigenvalue weighted by Gasteiger charge is -2.21. The van der Waals surface area contributed by atoms with E-state index in [-0.39, 0.29) is 17.2 Å². The molecule has 7 heteroatoms. The van der Waals surface area contributed by atoms with Crippen LogP contribution in [0, 0.1) is 17.0 Å². The van der Waals surface area contributed by atoms with E-state index < -0.39 is 16.4 Å². The summed E-state index contributed by atoms with van der Waals surface area (Å²) in [6.45, 7) is 7.46. The van der Waals surface area contributed by atoms with Crippen molar-refractivity contribution >= 4 is 23.2 Å². The first-order valence-electron chi connectivity index (χ1n) is 8.06. The van der Waals surface area contributed by atoms with E-state index >= 15 is 0 Å². The van der Waals surface area contributed by atoms with Gasteiger partial charge in [0.25, 0.3) is 17.5 Å². The van der Waals surface area contributed by atoms with Crippen molar-refractivity contribution in [2.24, 2.45) is 0 Å². The van der Waals surface area contributed by atoms with Crippen LogP contribution in [0.2, 0.25) is 0 Å². The number of nitrogens with zero attached hydrogens (tertiary/aromatic N) is 1. The van der Waals surface area contributed by atoms with Crippen LogP contribution in [0.3, 0.4) is 0 Å². The first-order valence-corrected chi connectivity index (χ1v) is 8.06. The fraction of sp³-hybridized carbons (Fsp3) is 0.263. The molecular weight excluding hydrogens is 334 g/mol. The van der Waals surface area contributed by atoms with Crippen LogP contribution in [0.5, 0.6) is 0 Å². The predicted molar refractivity (Wildman–Crippen MR) is 99.4 cm³/mol. The Morgan fingerprint density at radius 2 is 1.62 bits per heavy atom. The summed E-state index contributed by atoms with van der Waals surface area (Å²) in [5, 5.41) is 16.3. The molecule has 2 amide bonds. The maximum Gasteiger partial charge on any atom is 0.269 e. The van der Waals surface area contributed by atoms with Gasteiger partial charge in [0.15, 0.2) is 0 Å². The minimum Gasteiger partial charge on any atom is -0.347 e. The lowest BCUT2D eigenvalue weighted by atomic mass is 10.0. The second kappa shape index (κ2) is 7.35. The molecule has 0 fully saturated rings. The zero-order chi connectivity index (χ0) is 19.5. The van der Waals surface area contributed by atoms with E-state index in [0.29, 0.717) is 11.3 Å². The molecular formula is C19H21N3O4. The molecule has 0 aliphatic carbocycles. The third-order valence-corrected chi connectivity index (χ3v) is 3.50. The molecule has 0 aliphatic rings. The van der Waals surface area contributed by atoms with Crippen molar-refractivity contribution in [3.05, 3.63) is 69.3 Å². The Kier molecular flexibility index (Phi) is 5.40. The second-order valence-corrected chi connectivity index (χ2v) is 7.01. The van der Waals surface area contributed by atoms with Crippen molar-refractivity contribution < 1.29 is 14.5 Å². The molecule has 2 N–H and O–H groups in total. The molecule has 2 aromatic rings. The maximum atomic E-state index is 12.5. The standard InChI is InChI=1S/C19H21N3O4/c1-12-5-10-15(18(24)21-19(2,3)4)16(11-12)20-17(23)13-6-8-14(9-7-13)22(25)26/h5-11H,1-4H3,(H,20,23)(H,21,24). The molecule has 0 saturated carbocycles. The van der Waals surface area contributed by atoms with Crippen LogP contribution < -0.4 is 10.6 Å². The monoisotopic (exact) mass is 355 g/mol. The number of nitrogens with one attached hydrogen (secondary N) is 2. The molecule has 26 heavy (non-hydrogen) atoms.